The summed E-state index contributed by atoms with van der Waals surface area (Å²) < 4.78 is 1.25. The number of carbonyl (C=O) groups excluding carboxylic acids is 3. The minimum absolute atomic E-state index is 0.0649. The van der Waals surface area contributed by atoms with Gasteiger partial charge in [0.15, 0.2) is 0 Å². The number of thiol groups is 1. The number of likely N-dealkylation sites (N-methyl/N-ethyl adjacent to an activating group) is 1. The van der Waals surface area contributed by atoms with E-state index in [-0.39, 0.29) is 31.1 Å². The molecule has 0 bridgehead atoms. The van der Waals surface area contributed by atoms with Crippen LogP contribution in [0.5, 0.6) is 0 Å². The molecule has 3 atom stereocenters. The van der Waals surface area contributed by atoms with Crippen molar-refractivity contribution in [2.75, 3.05) is 26.7 Å². The quantitative estimate of drug-likeness (QED) is 0.113. The molecule has 1 aromatic rings. The van der Waals surface area contributed by atoms with Crippen LogP contribution in [0.25, 0.3) is 0 Å². The van der Waals surface area contributed by atoms with Crippen LogP contribution in [0.3, 0.4) is 0 Å². The highest BCUT2D eigenvalue weighted by Gasteiger charge is 2.24. The van der Waals surface area contributed by atoms with Crippen LogP contribution < -0.4 is 21.7 Å². The summed E-state index contributed by atoms with van der Waals surface area (Å²) >= 11 is 3.98. The van der Waals surface area contributed by atoms with Crippen LogP contribution in [-0.4, -0.2) is 83.1 Å². The van der Waals surface area contributed by atoms with E-state index >= 15 is 0 Å². The smallest absolute Gasteiger partial charge is 0.321 e. The molecule has 7 N–H and O–H groups in total. The Bertz CT molecular complexity index is 795. The SMILES string of the molecule is CN(S)C(CCC(=O)NCCCCNC(=O)C(Cc1ccccc1)NC(=O)C(N)CO)C(=O)O. The molecule has 0 radical (unpaired) electrons. The monoisotopic (exact) mass is 497 g/mol. The Morgan fingerprint density at radius 1 is 1.06 bits per heavy atom. The number of nitrogens with one attached hydrogen (secondary N) is 3. The lowest BCUT2D eigenvalue weighted by atomic mass is 10.0. The van der Waals surface area contributed by atoms with Crippen molar-refractivity contribution in [1.82, 2.24) is 20.3 Å². The molecule has 3 amide bonds. The number of carbonyl (C=O) groups is 4. The lowest BCUT2D eigenvalue weighted by Gasteiger charge is -2.20. The van der Waals surface area contributed by atoms with Crippen LogP contribution >= 0.6 is 12.8 Å². The minimum Gasteiger partial charge on any atom is -0.480 e. The molecule has 1 rings (SSSR count). The average molecular weight is 498 g/mol. The van der Waals surface area contributed by atoms with Crippen LogP contribution in [0, 0.1) is 0 Å². The standard InChI is InChI=1S/C22H35N5O6S/c1-27(34)18(22(32)33)9-10-19(29)24-11-5-6-12-25-21(31)17(26-20(30)16(23)14-28)13-15-7-3-2-4-8-15/h2-4,7-8,16-18,28,34H,5-6,9-14,23H2,1H3,(H,24,29)(H,25,31)(H,26,30)(H,32,33). The largest absolute Gasteiger partial charge is 0.480 e. The molecule has 190 valence electrons. The van der Waals surface area contributed by atoms with Gasteiger partial charge >= 0.3 is 5.97 Å². The van der Waals surface area contributed by atoms with Crippen LogP contribution in [-0.2, 0) is 25.6 Å². The van der Waals surface area contributed by atoms with Gasteiger partial charge in [0.1, 0.15) is 18.1 Å². The average Bonchev–Trinajstić information content (AvgIpc) is 2.80. The number of rotatable bonds is 16. The highest BCUT2D eigenvalue weighted by Crippen LogP contribution is 2.08. The zero-order chi connectivity index (χ0) is 25.5. The number of carboxylic acids is 1. The fourth-order valence-corrected chi connectivity index (χ4v) is 3.27. The molecule has 0 fully saturated rings. The predicted octanol–water partition coefficient (Wildman–Crippen LogP) is -0.944. The molecule has 0 spiro atoms. The van der Waals surface area contributed by atoms with Crippen molar-refractivity contribution < 1.29 is 29.4 Å². The van der Waals surface area contributed by atoms with Crippen molar-refractivity contribution in [1.29, 1.82) is 0 Å². The third kappa shape index (κ3) is 11.5. The van der Waals surface area contributed by atoms with E-state index in [0.29, 0.717) is 25.9 Å². The second kappa shape index (κ2) is 16.0. The molecule has 0 heterocycles. The first-order valence-corrected chi connectivity index (χ1v) is 11.4. The van der Waals surface area contributed by atoms with E-state index in [1.165, 1.54) is 11.4 Å². The number of nitrogens with two attached hydrogens (primary N) is 1. The first kappa shape index (κ1) is 29.4. The second-order valence-corrected chi connectivity index (χ2v) is 8.49. The van der Waals surface area contributed by atoms with Gasteiger partial charge in [-0.25, -0.2) is 4.31 Å². The number of aliphatic carboxylic acids is 1. The molecule has 3 unspecified atom stereocenters. The number of aliphatic hydroxyl groups is 1. The normalized spacial score (nSPS) is 13.6. The number of aliphatic hydroxyl groups excluding tert-OH is 1. The summed E-state index contributed by atoms with van der Waals surface area (Å²) in [5.41, 5.74) is 6.40. The van der Waals surface area contributed by atoms with E-state index in [2.05, 4.69) is 28.8 Å². The second-order valence-electron chi connectivity index (χ2n) is 7.85. The highest BCUT2D eigenvalue weighted by molar-refractivity contribution is 7.77. The molecule has 0 saturated heterocycles. The lowest BCUT2D eigenvalue weighted by Crippen LogP contribution is -2.53. The molecular formula is C22H35N5O6S. The van der Waals surface area contributed by atoms with Crippen LogP contribution in [0.2, 0.25) is 0 Å². The van der Waals surface area contributed by atoms with Crippen molar-refractivity contribution >= 4 is 36.5 Å². The van der Waals surface area contributed by atoms with E-state index in [4.69, 9.17) is 15.9 Å². The predicted molar refractivity (Wildman–Crippen MR) is 130 cm³/mol. The summed E-state index contributed by atoms with van der Waals surface area (Å²) in [6.45, 7) is 0.200. The van der Waals surface area contributed by atoms with E-state index in [9.17, 15) is 19.2 Å². The van der Waals surface area contributed by atoms with Gasteiger partial charge in [0.25, 0.3) is 0 Å². The maximum absolute atomic E-state index is 12.6. The van der Waals surface area contributed by atoms with E-state index in [1.807, 2.05) is 30.3 Å². The lowest BCUT2D eigenvalue weighted by molar-refractivity contribution is -0.141. The van der Waals surface area contributed by atoms with Gasteiger partial charge in [0.2, 0.25) is 17.7 Å². The zero-order valence-electron chi connectivity index (χ0n) is 19.3. The third-order valence-electron chi connectivity index (χ3n) is 5.06. The summed E-state index contributed by atoms with van der Waals surface area (Å²) in [6.07, 6.45) is 1.67. The van der Waals surface area contributed by atoms with Crippen molar-refractivity contribution in [3.05, 3.63) is 35.9 Å². The maximum Gasteiger partial charge on any atom is 0.321 e. The number of unbranched alkanes of at least 4 members (excludes halogenated alkanes) is 1. The molecule has 34 heavy (non-hydrogen) atoms. The number of amides is 3. The number of hydrogen-bond donors (Lipinski definition) is 7. The van der Waals surface area contributed by atoms with Crippen molar-refractivity contribution in [2.24, 2.45) is 5.73 Å². The Morgan fingerprint density at radius 2 is 1.68 bits per heavy atom. The van der Waals surface area contributed by atoms with Gasteiger partial charge in [-0.2, -0.15) is 0 Å². The van der Waals surface area contributed by atoms with Crippen LogP contribution in [0.4, 0.5) is 0 Å². The van der Waals surface area contributed by atoms with Gasteiger partial charge in [-0.1, -0.05) is 43.1 Å². The molecule has 11 nitrogen and oxygen atoms in total. The summed E-state index contributed by atoms with van der Waals surface area (Å²) in [5, 5.41) is 26.2. The topological polar surface area (TPSA) is 174 Å². The van der Waals surface area contributed by atoms with E-state index in [1.54, 1.807) is 0 Å². The molecule has 0 saturated carbocycles. The van der Waals surface area contributed by atoms with Gasteiger partial charge < -0.3 is 31.9 Å². The number of hydrogen-bond acceptors (Lipinski definition) is 8. The highest BCUT2D eigenvalue weighted by atomic mass is 32.1. The first-order valence-electron chi connectivity index (χ1n) is 11.0. The van der Waals surface area contributed by atoms with Crippen molar-refractivity contribution in [3.63, 3.8) is 0 Å². The number of benzene rings is 1. The zero-order valence-corrected chi connectivity index (χ0v) is 20.2. The molecule has 12 heteroatoms. The molecular weight excluding hydrogens is 462 g/mol. The Kier molecular flexibility index (Phi) is 13.9. The molecule has 0 aromatic heterocycles. The number of carboxylic acid groups (broad SMARTS) is 1. The summed E-state index contributed by atoms with van der Waals surface area (Å²) in [4.78, 5) is 47.7. The summed E-state index contributed by atoms with van der Waals surface area (Å²) in [7, 11) is 1.52. The Labute approximate surface area is 205 Å². The Hall–Kier alpha value is -2.67. The molecule has 0 aliphatic rings. The van der Waals surface area contributed by atoms with Gasteiger partial charge in [-0.3, -0.25) is 19.2 Å². The molecule has 0 aliphatic heterocycles. The molecule has 1 aromatic carbocycles. The van der Waals surface area contributed by atoms with Gasteiger partial charge in [-0.05, 0) is 31.9 Å². The molecule has 0 aliphatic carbocycles. The van der Waals surface area contributed by atoms with E-state index < -0.39 is 36.6 Å². The fraction of sp³-hybridized carbons (Fsp3) is 0.545. The Balaban J connectivity index is 2.40. The van der Waals surface area contributed by atoms with Crippen molar-refractivity contribution in [2.45, 2.75) is 50.2 Å². The van der Waals surface area contributed by atoms with Crippen molar-refractivity contribution in [3.8, 4) is 0 Å². The van der Waals surface area contributed by atoms with Crippen LogP contribution in [0.15, 0.2) is 30.3 Å². The van der Waals surface area contributed by atoms with Gasteiger partial charge in [0.05, 0.1) is 6.61 Å². The fourth-order valence-electron chi connectivity index (χ4n) is 3.06. The van der Waals surface area contributed by atoms with Gasteiger partial charge in [-0.15, -0.1) is 0 Å². The number of nitrogens with zero attached hydrogens (tertiary/aromatic N) is 1. The third-order valence-corrected chi connectivity index (χ3v) is 5.33. The first-order chi connectivity index (χ1) is 16.1. The van der Waals surface area contributed by atoms with Crippen LogP contribution in [0.1, 0.15) is 31.2 Å². The Morgan fingerprint density at radius 3 is 2.24 bits per heavy atom. The van der Waals surface area contributed by atoms with Gasteiger partial charge in [0, 0.05) is 25.9 Å². The summed E-state index contributed by atoms with van der Waals surface area (Å²) in [6, 6.07) is 6.38. The minimum atomic E-state index is -1.12. The van der Waals surface area contributed by atoms with E-state index in [0.717, 1.165) is 5.56 Å². The maximum atomic E-state index is 12.6. The summed E-state index contributed by atoms with van der Waals surface area (Å²) in [5.74, 6) is -2.28.